The van der Waals surface area contributed by atoms with Crippen molar-refractivity contribution in [3.05, 3.63) is 148 Å². The first kappa shape index (κ1) is 27.5. The molecule has 9 heteroatoms. The topological polar surface area (TPSA) is 93.0 Å². The lowest BCUT2D eigenvalue weighted by Crippen LogP contribution is -2.56. The van der Waals surface area contributed by atoms with Crippen molar-refractivity contribution in [1.29, 1.82) is 0 Å². The van der Waals surface area contributed by atoms with E-state index in [0.717, 1.165) is 16.3 Å². The molecule has 0 spiro atoms. The summed E-state index contributed by atoms with van der Waals surface area (Å²) in [5.74, 6) is -0.666. The number of anilines is 2. The van der Waals surface area contributed by atoms with Crippen LogP contribution in [0.4, 0.5) is 17.1 Å². The Hall–Kier alpha value is -5.67. The van der Waals surface area contributed by atoms with Crippen LogP contribution in [0.2, 0.25) is 0 Å². The maximum atomic E-state index is 14.1. The van der Waals surface area contributed by atoms with E-state index in [1.807, 2.05) is 42.5 Å². The summed E-state index contributed by atoms with van der Waals surface area (Å²) in [4.78, 5) is 41.4. The highest BCUT2D eigenvalue weighted by Gasteiger charge is 2.41. The molecule has 5 aromatic rings. The Balaban J connectivity index is 1.47. The number of carbonyl (C=O) groups is 2. The Bertz CT molecular complexity index is 1840. The van der Waals surface area contributed by atoms with Crippen molar-refractivity contribution in [3.8, 4) is 5.75 Å². The van der Waals surface area contributed by atoms with Gasteiger partial charge in [0.15, 0.2) is 5.11 Å². The average molecular weight is 586 g/mol. The SMILES string of the molecule is O=C1C(=Cc2c(OCc3ccc([N+](=O)[O-])cc3)ccc3ccccc23)C(=O)N(c2ccccc2)C(=S)N1c1ccccc1. The monoisotopic (exact) mass is 585 g/mol. The highest BCUT2D eigenvalue weighted by molar-refractivity contribution is 7.81. The van der Waals surface area contributed by atoms with Gasteiger partial charge in [0.2, 0.25) is 0 Å². The van der Waals surface area contributed by atoms with Crippen molar-refractivity contribution in [2.45, 2.75) is 6.61 Å². The molecule has 0 N–H and O–H groups in total. The highest BCUT2D eigenvalue weighted by Crippen LogP contribution is 2.35. The molecule has 1 aliphatic heterocycles. The van der Waals surface area contributed by atoms with Crippen molar-refractivity contribution in [2.75, 3.05) is 9.80 Å². The fourth-order valence-corrected chi connectivity index (χ4v) is 5.29. The van der Waals surface area contributed by atoms with E-state index in [1.54, 1.807) is 72.8 Å². The molecular formula is C34H23N3O5S. The maximum absolute atomic E-state index is 14.1. The normalized spacial score (nSPS) is 13.4. The summed E-state index contributed by atoms with van der Waals surface area (Å²) in [7, 11) is 0. The number of amides is 2. The van der Waals surface area contributed by atoms with Gasteiger partial charge in [0.25, 0.3) is 17.5 Å². The van der Waals surface area contributed by atoms with Gasteiger partial charge in [-0.05, 0) is 77.1 Å². The van der Waals surface area contributed by atoms with Gasteiger partial charge in [-0.25, -0.2) is 0 Å². The van der Waals surface area contributed by atoms with Crippen molar-refractivity contribution in [2.24, 2.45) is 0 Å². The molecule has 0 aliphatic carbocycles. The lowest BCUT2D eigenvalue weighted by atomic mass is 9.99. The average Bonchev–Trinajstić information content (AvgIpc) is 3.03. The summed E-state index contributed by atoms with van der Waals surface area (Å²) in [6, 6.07) is 35.3. The second-order valence-electron chi connectivity index (χ2n) is 9.70. The second kappa shape index (κ2) is 11.7. The van der Waals surface area contributed by atoms with E-state index in [0.29, 0.717) is 22.7 Å². The number of rotatable bonds is 7. The molecule has 210 valence electrons. The van der Waals surface area contributed by atoms with Gasteiger partial charge in [-0.15, -0.1) is 0 Å². The first-order valence-electron chi connectivity index (χ1n) is 13.3. The zero-order chi connectivity index (χ0) is 29.9. The first-order valence-corrected chi connectivity index (χ1v) is 13.8. The van der Waals surface area contributed by atoms with Gasteiger partial charge in [-0.1, -0.05) is 66.7 Å². The number of para-hydroxylation sites is 2. The van der Waals surface area contributed by atoms with Gasteiger partial charge in [-0.3, -0.25) is 29.5 Å². The van der Waals surface area contributed by atoms with Crippen molar-refractivity contribution < 1.29 is 19.2 Å². The number of hydrogen-bond acceptors (Lipinski definition) is 6. The minimum Gasteiger partial charge on any atom is -0.488 e. The number of nitrogens with zero attached hydrogens (tertiary/aromatic N) is 3. The number of benzene rings is 5. The lowest BCUT2D eigenvalue weighted by Gasteiger charge is -2.36. The van der Waals surface area contributed by atoms with Crippen LogP contribution in [-0.4, -0.2) is 21.9 Å². The van der Waals surface area contributed by atoms with Gasteiger partial charge < -0.3 is 4.74 Å². The molecule has 1 fully saturated rings. The Kier molecular flexibility index (Phi) is 7.46. The van der Waals surface area contributed by atoms with Crippen molar-refractivity contribution in [3.63, 3.8) is 0 Å². The van der Waals surface area contributed by atoms with Crippen LogP contribution < -0.4 is 14.5 Å². The summed E-state index contributed by atoms with van der Waals surface area (Å²) in [6.07, 6.45) is 1.56. The van der Waals surface area contributed by atoms with Crippen LogP contribution >= 0.6 is 12.2 Å². The number of fused-ring (bicyclic) bond motifs is 1. The van der Waals surface area contributed by atoms with Gasteiger partial charge in [-0.2, -0.15) is 0 Å². The van der Waals surface area contributed by atoms with Gasteiger partial charge in [0.1, 0.15) is 17.9 Å². The number of nitro benzene ring substituents is 1. The highest BCUT2D eigenvalue weighted by atomic mass is 32.1. The van der Waals surface area contributed by atoms with E-state index in [4.69, 9.17) is 17.0 Å². The molecule has 0 bridgehead atoms. The van der Waals surface area contributed by atoms with E-state index in [9.17, 15) is 19.7 Å². The minimum atomic E-state index is -0.553. The summed E-state index contributed by atoms with van der Waals surface area (Å²) < 4.78 is 6.20. The van der Waals surface area contributed by atoms with E-state index >= 15 is 0 Å². The van der Waals surface area contributed by atoms with Crippen LogP contribution in [0.25, 0.3) is 16.8 Å². The number of thiocarbonyl (C=S) groups is 1. The predicted molar refractivity (Wildman–Crippen MR) is 170 cm³/mol. The van der Waals surface area contributed by atoms with Gasteiger partial charge >= 0.3 is 0 Å². The molecule has 2 amide bonds. The van der Waals surface area contributed by atoms with Gasteiger partial charge in [0.05, 0.1) is 16.3 Å². The van der Waals surface area contributed by atoms with E-state index in [2.05, 4.69) is 0 Å². The van der Waals surface area contributed by atoms with Crippen molar-refractivity contribution in [1.82, 2.24) is 0 Å². The van der Waals surface area contributed by atoms with Crippen LogP contribution in [0, 0.1) is 10.1 Å². The largest absolute Gasteiger partial charge is 0.488 e. The van der Waals surface area contributed by atoms with Crippen LogP contribution in [0.15, 0.2) is 127 Å². The van der Waals surface area contributed by atoms with Crippen LogP contribution in [-0.2, 0) is 16.2 Å². The smallest absolute Gasteiger partial charge is 0.270 e. The summed E-state index contributed by atoms with van der Waals surface area (Å²) in [5, 5.41) is 12.8. The van der Waals surface area contributed by atoms with E-state index in [1.165, 1.54) is 21.9 Å². The third-order valence-electron chi connectivity index (χ3n) is 7.04. The third-order valence-corrected chi connectivity index (χ3v) is 7.40. The summed E-state index contributed by atoms with van der Waals surface area (Å²) in [5.41, 5.74) is 2.23. The maximum Gasteiger partial charge on any atom is 0.270 e. The molecule has 1 saturated heterocycles. The Morgan fingerprint density at radius 2 is 1.28 bits per heavy atom. The van der Waals surface area contributed by atoms with E-state index < -0.39 is 16.7 Å². The molecular weight excluding hydrogens is 562 g/mol. The molecule has 8 nitrogen and oxygen atoms in total. The molecule has 5 aromatic carbocycles. The summed E-state index contributed by atoms with van der Waals surface area (Å²) in [6.45, 7) is 0.116. The Morgan fingerprint density at radius 1 is 0.721 bits per heavy atom. The molecule has 0 radical (unpaired) electrons. The standard InChI is InChI=1S/C34H23N3O5S/c38-32-30(33(39)36(26-12-5-2-6-13-26)34(43)35(32)25-10-3-1-4-11-25)21-29-28-14-8-7-9-24(28)17-20-31(29)42-22-23-15-18-27(19-16-23)37(40)41/h1-21H,22H2. The fraction of sp³-hybridized carbons (Fsp3) is 0.0294. The van der Waals surface area contributed by atoms with Gasteiger partial charge in [0, 0.05) is 17.7 Å². The predicted octanol–water partition coefficient (Wildman–Crippen LogP) is 7.08. The Labute approximate surface area is 252 Å². The molecule has 6 rings (SSSR count). The molecule has 0 atom stereocenters. The molecule has 0 saturated carbocycles. The fourth-order valence-electron chi connectivity index (χ4n) is 4.91. The molecule has 1 heterocycles. The number of hydrogen-bond donors (Lipinski definition) is 0. The molecule has 0 unspecified atom stereocenters. The first-order chi connectivity index (χ1) is 20.9. The summed E-state index contributed by atoms with van der Waals surface area (Å²) >= 11 is 5.72. The van der Waals surface area contributed by atoms with E-state index in [-0.39, 0.29) is 23.0 Å². The molecule has 1 aliphatic rings. The number of ether oxygens (including phenoxy) is 1. The molecule has 0 aromatic heterocycles. The zero-order valence-electron chi connectivity index (χ0n) is 22.6. The third kappa shape index (κ3) is 5.37. The number of non-ortho nitro benzene ring substituents is 1. The molecule has 43 heavy (non-hydrogen) atoms. The Morgan fingerprint density at radius 3 is 1.86 bits per heavy atom. The van der Waals surface area contributed by atoms with Crippen molar-refractivity contribution >= 4 is 63.1 Å². The second-order valence-corrected chi connectivity index (χ2v) is 10.1. The number of nitro groups is 1. The minimum absolute atomic E-state index is 0.0157. The lowest BCUT2D eigenvalue weighted by molar-refractivity contribution is -0.384. The zero-order valence-corrected chi connectivity index (χ0v) is 23.4. The van der Waals surface area contributed by atoms with Crippen LogP contribution in [0.1, 0.15) is 11.1 Å². The number of carbonyl (C=O) groups excluding carboxylic acids is 2. The van der Waals surface area contributed by atoms with Crippen LogP contribution in [0.5, 0.6) is 5.75 Å². The van der Waals surface area contributed by atoms with Crippen LogP contribution in [0.3, 0.4) is 0 Å². The quantitative estimate of drug-likeness (QED) is 0.0667.